The Morgan fingerprint density at radius 2 is 1.60 bits per heavy atom. The van der Waals surface area contributed by atoms with Gasteiger partial charge in [-0.25, -0.2) is 0 Å². The Morgan fingerprint density at radius 3 is 2.20 bits per heavy atom. The highest BCUT2D eigenvalue weighted by Gasteiger charge is 2.38. The molecule has 1 saturated heterocycles. The molecule has 0 amide bonds. The molecule has 2 aliphatic heterocycles. The SMILES string of the molecule is [N-]=[N+]=NC1COCC(N2c3ccccc3CCc3ccccc32)[C@H]1O. The number of aryl methyl sites for hydroxylation is 2. The number of para-hydroxylation sites is 2. The second-order valence-electron chi connectivity index (χ2n) is 6.50. The molecule has 2 aromatic carbocycles. The fourth-order valence-corrected chi connectivity index (χ4v) is 3.83. The van der Waals surface area contributed by atoms with Gasteiger partial charge in [0, 0.05) is 16.3 Å². The summed E-state index contributed by atoms with van der Waals surface area (Å²) in [7, 11) is 0. The predicted octanol–water partition coefficient (Wildman–Crippen LogP) is 3.36. The van der Waals surface area contributed by atoms with Crippen molar-refractivity contribution in [2.45, 2.75) is 31.0 Å². The standard InChI is InChI=1S/C19H20N4O2/c20-22-21-15-11-25-12-18(19(15)24)23-16-7-3-1-5-13(16)9-10-14-6-2-4-8-17(14)23/h1-8,15,18-19,24H,9-12H2/t15?,18?,19-/m0/s1. The lowest BCUT2D eigenvalue weighted by Crippen LogP contribution is -2.54. The van der Waals surface area contributed by atoms with E-state index in [9.17, 15) is 5.11 Å². The van der Waals surface area contributed by atoms with Gasteiger partial charge in [0.1, 0.15) is 0 Å². The van der Waals surface area contributed by atoms with Crippen molar-refractivity contribution in [1.29, 1.82) is 0 Å². The van der Waals surface area contributed by atoms with E-state index in [1.807, 2.05) is 24.3 Å². The molecule has 0 saturated carbocycles. The van der Waals surface area contributed by atoms with Gasteiger partial charge in [0.05, 0.1) is 31.4 Å². The summed E-state index contributed by atoms with van der Waals surface area (Å²) < 4.78 is 5.68. The number of hydrogen-bond donors (Lipinski definition) is 1. The first-order chi connectivity index (χ1) is 12.3. The molecule has 1 N–H and O–H groups in total. The first-order valence-electron chi connectivity index (χ1n) is 8.54. The lowest BCUT2D eigenvalue weighted by molar-refractivity contribution is -0.0191. The number of nitrogens with zero attached hydrogens (tertiary/aromatic N) is 4. The monoisotopic (exact) mass is 336 g/mol. The lowest BCUT2D eigenvalue weighted by Gasteiger charge is -2.41. The van der Waals surface area contributed by atoms with E-state index in [0.717, 1.165) is 24.2 Å². The molecule has 2 unspecified atom stereocenters. The van der Waals surface area contributed by atoms with Crippen LogP contribution in [0.4, 0.5) is 11.4 Å². The summed E-state index contributed by atoms with van der Waals surface area (Å²) >= 11 is 0. The van der Waals surface area contributed by atoms with Gasteiger partial charge in [0.2, 0.25) is 0 Å². The molecule has 0 radical (unpaired) electrons. The summed E-state index contributed by atoms with van der Waals surface area (Å²) in [5.74, 6) is 0. The number of aliphatic hydroxyl groups is 1. The van der Waals surface area contributed by atoms with Crippen molar-refractivity contribution in [2.24, 2.45) is 5.11 Å². The Hall–Kier alpha value is -2.53. The third kappa shape index (κ3) is 2.85. The second-order valence-corrected chi connectivity index (χ2v) is 6.50. The molecule has 0 aliphatic carbocycles. The van der Waals surface area contributed by atoms with Crippen LogP contribution in [-0.4, -0.2) is 36.5 Å². The molecule has 128 valence electrons. The van der Waals surface area contributed by atoms with Crippen LogP contribution in [0, 0.1) is 0 Å². The van der Waals surface area contributed by atoms with Crippen molar-refractivity contribution in [2.75, 3.05) is 18.1 Å². The summed E-state index contributed by atoms with van der Waals surface area (Å²) in [5.41, 5.74) is 13.4. The third-order valence-electron chi connectivity index (χ3n) is 5.06. The minimum absolute atomic E-state index is 0.249. The molecule has 2 heterocycles. The number of fused-ring (bicyclic) bond motifs is 2. The molecular formula is C19H20N4O2. The summed E-state index contributed by atoms with van der Waals surface area (Å²) in [6.45, 7) is 0.639. The van der Waals surface area contributed by atoms with Crippen LogP contribution in [0.3, 0.4) is 0 Å². The molecule has 0 spiro atoms. The molecular weight excluding hydrogens is 316 g/mol. The number of ether oxygens (including phenoxy) is 1. The van der Waals surface area contributed by atoms with E-state index in [2.05, 4.69) is 39.2 Å². The van der Waals surface area contributed by atoms with Gasteiger partial charge in [0.15, 0.2) is 0 Å². The van der Waals surface area contributed by atoms with Crippen LogP contribution in [0.15, 0.2) is 53.6 Å². The van der Waals surface area contributed by atoms with E-state index >= 15 is 0 Å². The molecule has 6 nitrogen and oxygen atoms in total. The first-order valence-corrected chi connectivity index (χ1v) is 8.54. The molecule has 4 rings (SSSR count). The Morgan fingerprint density at radius 1 is 1.00 bits per heavy atom. The van der Waals surface area contributed by atoms with Gasteiger partial charge in [-0.3, -0.25) is 0 Å². The summed E-state index contributed by atoms with van der Waals surface area (Å²) in [4.78, 5) is 5.03. The van der Waals surface area contributed by atoms with Crippen molar-refractivity contribution >= 4 is 11.4 Å². The molecule has 1 fully saturated rings. The largest absolute Gasteiger partial charge is 0.390 e. The Labute approximate surface area is 146 Å². The molecule has 3 atom stereocenters. The summed E-state index contributed by atoms with van der Waals surface area (Å²) in [5, 5.41) is 14.6. The van der Waals surface area contributed by atoms with Crippen LogP contribution >= 0.6 is 0 Å². The van der Waals surface area contributed by atoms with E-state index in [1.54, 1.807) is 0 Å². The highest BCUT2D eigenvalue weighted by atomic mass is 16.5. The van der Waals surface area contributed by atoms with Crippen molar-refractivity contribution in [3.8, 4) is 0 Å². The van der Waals surface area contributed by atoms with Crippen LogP contribution in [0.25, 0.3) is 10.4 Å². The van der Waals surface area contributed by atoms with Gasteiger partial charge < -0.3 is 14.7 Å². The average Bonchev–Trinajstić information content (AvgIpc) is 2.81. The van der Waals surface area contributed by atoms with Crippen molar-refractivity contribution in [1.82, 2.24) is 0 Å². The maximum absolute atomic E-state index is 10.9. The first kappa shape index (κ1) is 16.0. The minimum Gasteiger partial charge on any atom is -0.390 e. The fraction of sp³-hybridized carbons (Fsp3) is 0.368. The zero-order chi connectivity index (χ0) is 17.2. The molecule has 25 heavy (non-hydrogen) atoms. The molecule has 0 bridgehead atoms. The number of anilines is 2. The fourth-order valence-electron chi connectivity index (χ4n) is 3.83. The lowest BCUT2D eigenvalue weighted by atomic mass is 9.98. The van der Waals surface area contributed by atoms with E-state index < -0.39 is 12.1 Å². The predicted molar refractivity (Wildman–Crippen MR) is 96.0 cm³/mol. The van der Waals surface area contributed by atoms with E-state index in [-0.39, 0.29) is 12.6 Å². The van der Waals surface area contributed by atoms with E-state index in [0.29, 0.717) is 6.61 Å². The summed E-state index contributed by atoms with van der Waals surface area (Å²) in [6.07, 6.45) is 1.11. The van der Waals surface area contributed by atoms with Crippen LogP contribution in [0.2, 0.25) is 0 Å². The topological polar surface area (TPSA) is 81.5 Å². The molecule has 6 heteroatoms. The Bertz CT molecular complexity index is 771. The average molecular weight is 336 g/mol. The van der Waals surface area contributed by atoms with E-state index in [1.165, 1.54) is 11.1 Å². The highest BCUT2D eigenvalue weighted by molar-refractivity contribution is 5.72. The van der Waals surface area contributed by atoms with E-state index in [4.69, 9.17) is 10.3 Å². The normalized spacial score (nSPS) is 25.3. The Balaban J connectivity index is 1.83. The Kier molecular flexibility index (Phi) is 4.32. The number of rotatable bonds is 2. The van der Waals surface area contributed by atoms with Gasteiger partial charge in [-0.05, 0) is 41.6 Å². The van der Waals surface area contributed by atoms with Crippen LogP contribution in [0.1, 0.15) is 11.1 Å². The quantitative estimate of drug-likeness (QED) is 0.519. The van der Waals surface area contributed by atoms with Crippen molar-refractivity contribution in [3.05, 3.63) is 70.1 Å². The number of benzene rings is 2. The second kappa shape index (κ2) is 6.76. The van der Waals surface area contributed by atoms with Crippen molar-refractivity contribution in [3.63, 3.8) is 0 Å². The van der Waals surface area contributed by atoms with Gasteiger partial charge in [-0.15, -0.1) is 0 Å². The third-order valence-corrected chi connectivity index (χ3v) is 5.06. The van der Waals surface area contributed by atoms with Gasteiger partial charge in [0.25, 0.3) is 0 Å². The van der Waals surface area contributed by atoms with Crippen molar-refractivity contribution < 1.29 is 9.84 Å². The minimum atomic E-state index is -0.788. The van der Waals surface area contributed by atoms with Crippen LogP contribution < -0.4 is 4.90 Å². The molecule has 2 aromatic rings. The molecule has 2 aliphatic rings. The number of aliphatic hydroxyl groups excluding tert-OH is 1. The smallest absolute Gasteiger partial charge is 0.0888 e. The highest BCUT2D eigenvalue weighted by Crippen LogP contribution is 2.39. The zero-order valence-electron chi connectivity index (χ0n) is 13.8. The zero-order valence-corrected chi connectivity index (χ0v) is 13.8. The maximum Gasteiger partial charge on any atom is 0.0888 e. The molecule has 0 aromatic heterocycles. The number of azide groups is 1. The van der Waals surface area contributed by atoms with Gasteiger partial charge >= 0.3 is 0 Å². The van der Waals surface area contributed by atoms with Crippen LogP contribution in [-0.2, 0) is 17.6 Å². The summed E-state index contributed by atoms with van der Waals surface area (Å²) in [6, 6.07) is 15.7. The van der Waals surface area contributed by atoms with Gasteiger partial charge in [-0.2, -0.15) is 0 Å². The number of hydrogen-bond acceptors (Lipinski definition) is 4. The van der Waals surface area contributed by atoms with Crippen LogP contribution in [0.5, 0.6) is 0 Å². The maximum atomic E-state index is 10.9. The van der Waals surface area contributed by atoms with Gasteiger partial charge in [-0.1, -0.05) is 41.5 Å².